The largest absolute Gasteiger partial charge is 0.460 e. The number of esters is 1. The van der Waals surface area contributed by atoms with Gasteiger partial charge < -0.3 is 4.74 Å². The Morgan fingerprint density at radius 3 is 2.53 bits per heavy atom. The molecule has 0 fully saturated rings. The van der Waals surface area contributed by atoms with E-state index in [0.29, 0.717) is 12.8 Å². The number of aromatic nitrogens is 2. The normalized spacial score (nSPS) is 11.5. The summed E-state index contributed by atoms with van der Waals surface area (Å²) in [6.45, 7) is 7.48. The standard InChI is InChI=1S/C10H16N2O2S/c1-7-11-12-8(15-7)5-6-9(13)14-10(2,3)4/h5-6H2,1-4H3. The Bertz CT molecular complexity index is 341. The Morgan fingerprint density at radius 2 is 2.07 bits per heavy atom. The zero-order valence-corrected chi connectivity index (χ0v) is 10.3. The summed E-state index contributed by atoms with van der Waals surface area (Å²) in [5.41, 5.74) is -0.409. The highest BCUT2D eigenvalue weighted by Crippen LogP contribution is 2.13. The highest BCUT2D eigenvalue weighted by atomic mass is 32.1. The van der Waals surface area contributed by atoms with E-state index in [1.54, 1.807) is 0 Å². The lowest BCUT2D eigenvalue weighted by molar-refractivity contribution is -0.154. The minimum absolute atomic E-state index is 0.185. The number of rotatable bonds is 3. The summed E-state index contributed by atoms with van der Waals surface area (Å²) in [5.74, 6) is -0.185. The molecule has 0 aromatic carbocycles. The van der Waals surface area contributed by atoms with Gasteiger partial charge in [0.05, 0.1) is 6.42 Å². The van der Waals surface area contributed by atoms with Crippen LogP contribution >= 0.6 is 11.3 Å². The van der Waals surface area contributed by atoms with Crippen LogP contribution in [0.25, 0.3) is 0 Å². The zero-order chi connectivity index (χ0) is 11.5. The molecule has 15 heavy (non-hydrogen) atoms. The molecule has 0 spiro atoms. The maximum absolute atomic E-state index is 11.4. The first-order valence-electron chi connectivity index (χ1n) is 4.87. The van der Waals surface area contributed by atoms with E-state index in [-0.39, 0.29) is 5.97 Å². The van der Waals surface area contributed by atoms with Gasteiger partial charge in [0.2, 0.25) is 0 Å². The second kappa shape index (κ2) is 4.70. The second-order valence-electron chi connectivity index (χ2n) is 4.30. The summed E-state index contributed by atoms with van der Waals surface area (Å²) in [6, 6.07) is 0. The molecule has 0 N–H and O–H groups in total. The topological polar surface area (TPSA) is 52.1 Å². The molecule has 0 saturated carbocycles. The fourth-order valence-corrected chi connectivity index (χ4v) is 1.75. The predicted molar refractivity (Wildman–Crippen MR) is 58.8 cm³/mol. The first-order valence-corrected chi connectivity index (χ1v) is 5.69. The number of ether oxygens (including phenoxy) is 1. The third kappa shape index (κ3) is 4.88. The molecular formula is C10H16N2O2S. The lowest BCUT2D eigenvalue weighted by atomic mass is 10.2. The van der Waals surface area contributed by atoms with E-state index >= 15 is 0 Å². The van der Waals surface area contributed by atoms with Crippen LogP contribution in [0.3, 0.4) is 0 Å². The first-order chi connectivity index (χ1) is 6.87. The monoisotopic (exact) mass is 228 g/mol. The van der Waals surface area contributed by atoms with E-state index < -0.39 is 5.60 Å². The fourth-order valence-electron chi connectivity index (χ4n) is 1.04. The summed E-state index contributed by atoms with van der Waals surface area (Å²) >= 11 is 1.52. The Kier molecular flexibility index (Phi) is 3.79. The van der Waals surface area contributed by atoms with E-state index in [1.165, 1.54) is 11.3 Å². The molecule has 1 rings (SSSR count). The van der Waals surface area contributed by atoms with Gasteiger partial charge in [0.25, 0.3) is 0 Å². The molecule has 5 heteroatoms. The summed E-state index contributed by atoms with van der Waals surface area (Å²) in [6.07, 6.45) is 0.978. The van der Waals surface area contributed by atoms with E-state index in [9.17, 15) is 4.79 Å². The molecule has 0 aliphatic rings. The minimum atomic E-state index is -0.409. The average molecular weight is 228 g/mol. The van der Waals surface area contributed by atoms with Crippen LogP contribution in [0, 0.1) is 6.92 Å². The predicted octanol–water partition coefficient (Wildman–Crippen LogP) is 2.12. The van der Waals surface area contributed by atoms with Crippen LogP contribution in [0.1, 0.15) is 37.2 Å². The lowest BCUT2D eigenvalue weighted by Crippen LogP contribution is -2.23. The zero-order valence-electron chi connectivity index (χ0n) is 9.53. The molecule has 0 bridgehead atoms. The Balaban J connectivity index is 2.35. The molecule has 0 atom stereocenters. The Hall–Kier alpha value is -0.970. The molecule has 0 radical (unpaired) electrons. The smallest absolute Gasteiger partial charge is 0.306 e. The van der Waals surface area contributed by atoms with Crippen molar-refractivity contribution in [3.05, 3.63) is 10.0 Å². The van der Waals surface area contributed by atoms with Gasteiger partial charge in [0, 0.05) is 6.42 Å². The van der Waals surface area contributed by atoms with Crippen molar-refractivity contribution in [2.45, 2.75) is 46.1 Å². The highest BCUT2D eigenvalue weighted by Gasteiger charge is 2.16. The molecule has 0 aliphatic heterocycles. The summed E-state index contributed by atoms with van der Waals surface area (Å²) in [4.78, 5) is 11.4. The molecule has 1 aromatic heterocycles. The van der Waals surface area contributed by atoms with Crippen molar-refractivity contribution in [3.8, 4) is 0 Å². The van der Waals surface area contributed by atoms with E-state index in [4.69, 9.17) is 4.74 Å². The van der Waals surface area contributed by atoms with Crippen molar-refractivity contribution in [2.75, 3.05) is 0 Å². The van der Waals surface area contributed by atoms with Crippen LogP contribution in [0.5, 0.6) is 0 Å². The van der Waals surface area contributed by atoms with E-state index in [0.717, 1.165) is 10.0 Å². The van der Waals surface area contributed by atoms with E-state index in [2.05, 4.69) is 10.2 Å². The summed E-state index contributed by atoms with van der Waals surface area (Å²) in [5, 5.41) is 9.64. The molecule has 0 amide bonds. The van der Waals surface area contributed by atoms with Gasteiger partial charge >= 0.3 is 5.97 Å². The van der Waals surface area contributed by atoms with Crippen LogP contribution in [0.2, 0.25) is 0 Å². The molecule has 0 saturated heterocycles. The van der Waals surface area contributed by atoms with Gasteiger partial charge in [-0.25, -0.2) is 0 Å². The van der Waals surface area contributed by atoms with Crippen molar-refractivity contribution in [1.82, 2.24) is 10.2 Å². The van der Waals surface area contributed by atoms with Gasteiger partial charge in [0.1, 0.15) is 15.6 Å². The first kappa shape index (κ1) is 12.1. The molecule has 0 aliphatic carbocycles. The van der Waals surface area contributed by atoms with Gasteiger partial charge in [-0.1, -0.05) is 0 Å². The van der Waals surface area contributed by atoms with Crippen LogP contribution in [0.4, 0.5) is 0 Å². The van der Waals surface area contributed by atoms with Crippen LogP contribution in [0.15, 0.2) is 0 Å². The summed E-state index contributed by atoms with van der Waals surface area (Å²) < 4.78 is 5.18. The van der Waals surface area contributed by atoms with Crippen LogP contribution < -0.4 is 0 Å². The quantitative estimate of drug-likeness (QED) is 0.744. The molecule has 1 aromatic rings. The van der Waals surface area contributed by atoms with Gasteiger partial charge in [-0.05, 0) is 27.7 Å². The number of aryl methyl sites for hydroxylation is 2. The van der Waals surface area contributed by atoms with Crippen molar-refractivity contribution < 1.29 is 9.53 Å². The van der Waals surface area contributed by atoms with Crippen molar-refractivity contribution in [2.24, 2.45) is 0 Å². The van der Waals surface area contributed by atoms with Gasteiger partial charge in [-0.15, -0.1) is 21.5 Å². The highest BCUT2D eigenvalue weighted by molar-refractivity contribution is 7.11. The molecule has 1 heterocycles. The van der Waals surface area contributed by atoms with Crippen molar-refractivity contribution >= 4 is 17.3 Å². The molecule has 4 nitrogen and oxygen atoms in total. The van der Waals surface area contributed by atoms with Crippen LogP contribution in [-0.2, 0) is 16.0 Å². The Labute approximate surface area is 93.7 Å². The summed E-state index contributed by atoms with van der Waals surface area (Å²) in [7, 11) is 0. The molecular weight excluding hydrogens is 212 g/mol. The van der Waals surface area contributed by atoms with Crippen LogP contribution in [-0.4, -0.2) is 21.8 Å². The lowest BCUT2D eigenvalue weighted by Gasteiger charge is -2.19. The van der Waals surface area contributed by atoms with Crippen molar-refractivity contribution in [3.63, 3.8) is 0 Å². The number of carbonyl (C=O) groups is 1. The number of hydrogen-bond donors (Lipinski definition) is 0. The Morgan fingerprint density at radius 1 is 1.40 bits per heavy atom. The molecule has 84 valence electrons. The minimum Gasteiger partial charge on any atom is -0.460 e. The SMILES string of the molecule is Cc1nnc(CCC(=O)OC(C)(C)C)s1. The maximum Gasteiger partial charge on any atom is 0.306 e. The number of nitrogens with zero attached hydrogens (tertiary/aromatic N) is 2. The fraction of sp³-hybridized carbons (Fsp3) is 0.700. The van der Waals surface area contributed by atoms with Gasteiger partial charge in [-0.3, -0.25) is 4.79 Å². The third-order valence-electron chi connectivity index (χ3n) is 1.53. The number of hydrogen-bond acceptors (Lipinski definition) is 5. The second-order valence-corrected chi connectivity index (χ2v) is 5.57. The number of carbonyl (C=O) groups excluding carboxylic acids is 1. The van der Waals surface area contributed by atoms with Gasteiger partial charge in [-0.2, -0.15) is 0 Å². The van der Waals surface area contributed by atoms with Crippen molar-refractivity contribution in [1.29, 1.82) is 0 Å². The average Bonchev–Trinajstić information content (AvgIpc) is 2.45. The maximum atomic E-state index is 11.4. The third-order valence-corrected chi connectivity index (χ3v) is 2.43. The van der Waals surface area contributed by atoms with Gasteiger partial charge in [0.15, 0.2) is 0 Å². The van der Waals surface area contributed by atoms with E-state index in [1.807, 2.05) is 27.7 Å². The molecule has 0 unspecified atom stereocenters.